The molecule has 114 valence electrons. The van der Waals surface area contributed by atoms with Gasteiger partial charge in [-0.15, -0.1) is 6.58 Å². The second-order valence-electron chi connectivity index (χ2n) is 6.69. The molecule has 1 atom stereocenters. The van der Waals surface area contributed by atoms with Crippen LogP contribution in [-0.4, -0.2) is 24.3 Å². The van der Waals surface area contributed by atoms with Crippen molar-refractivity contribution < 1.29 is 14.3 Å². The van der Waals surface area contributed by atoms with Gasteiger partial charge in [-0.2, -0.15) is 0 Å². The number of ketones is 1. The first-order chi connectivity index (χ1) is 9.50. The van der Waals surface area contributed by atoms with Crippen LogP contribution >= 0.6 is 0 Å². The van der Waals surface area contributed by atoms with E-state index in [4.69, 9.17) is 9.47 Å². The van der Waals surface area contributed by atoms with E-state index in [-0.39, 0.29) is 11.9 Å². The first-order valence-corrected chi connectivity index (χ1v) is 7.96. The van der Waals surface area contributed by atoms with E-state index in [1.807, 2.05) is 19.9 Å². The Hall–Kier alpha value is -0.670. The Morgan fingerprint density at radius 1 is 1.40 bits per heavy atom. The minimum Gasteiger partial charge on any atom is -0.350 e. The molecule has 1 saturated carbocycles. The average molecular weight is 280 g/mol. The lowest BCUT2D eigenvalue weighted by molar-refractivity contribution is -0.303. The highest BCUT2D eigenvalue weighted by molar-refractivity contribution is 5.84. The van der Waals surface area contributed by atoms with E-state index in [0.29, 0.717) is 18.8 Å². The zero-order chi connectivity index (χ0) is 14.6. The molecular weight excluding hydrogens is 252 g/mol. The summed E-state index contributed by atoms with van der Waals surface area (Å²) in [7, 11) is 0. The third-order valence-electron chi connectivity index (χ3n) is 4.80. The van der Waals surface area contributed by atoms with Gasteiger partial charge >= 0.3 is 0 Å². The quantitative estimate of drug-likeness (QED) is 0.544. The summed E-state index contributed by atoms with van der Waals surface area (Å²) >= 11 is 0. The van der Waals surface area contributed by atoms with E-state index in [9.17, 15) is 4.79 Å². The van der Waals surface area contributed by atoms with E-state index >= 15 is 0 Å². The molecule has 3 heteroatoms. The Morgan fingerprint density at radius 3 is 2.75 bits per heavy atom. The van der Waals surface area contributed by atoms with Crippen LogP contribution in [0.2, 0.25) is 0 Å². The van der Waals surface area contributed by atoms with Gasteiger partial charge in [0.25, 0.3) is 0 Å². The van der Waals surface area contributed by atoms with Gasteiger partial charge in [0.1, 0.15) is 5.78 Å². The second-order valence-corrected chi connectivity index (χ2v) is 6.69. The summed E-state index contributed by atoms with van der Waals surface area (Å²) in [6.45, 7) is 8.48. The maximum Gasteiger partial charge on any atom is 0.168 e. The van der Waals surface area contributed by atoms with Crippen molar-refractivity contribution in [1.29, 1.82) is 0 Å². The normalized spacial score (nSPS) is 25.8. The second kappa shape index (κ2) is 6.40. The number of allylic oxidation sites excluding steroid dienone is 1. The summed E-state index contributed by atoms with van der Waals surface area (Å²) < 4.78 is 12.1. The average Bonchev–Trinajstić information content (AvgIpc) is 2.87. The van der Waals surface area contributed by atoms with Gasteiger partial charge in [0.2, 0.25) is 0 Å². The van der Waals surface area contributed by atoms with Crippen LogP contribution in [0.15, 0.2) is 12.7 Å². The molecule has 0 bridgehead atoms. The highest BCUT2D eigenvalue weighted by Crippen LogP contribution is 2.43. The van der Waals surface area contributed by atoms with Gasteiger partial charge in [-0.3, -0.25) is 4.79 Å². The lowest BCUT2D eigenvalue weighted by atomic mass is 9.78. The Bertz CT molecular complexity index is 353. The van der Waals surface area contributed by atoms with Crippen LogP contribution in [0, 0.1) is 5.41 Å². The number of ether oxygens (including phenoxy) is 2. The van der Waals surface area contributed by atoms with Crippen molar-refractivity contribution in [1.82, 2.24) is 0 Å². The highest BCUT2D eigenvalue weighted by atomic mass is 16.7. The van der Waals surface area contributed by atoms with Crippen molar-refractivity contribution in [2.24, 2.45) is 5.41 Å². The molecule has 0 aromatic carbocycles. The fraction of sp³-hybridized carbons (Fsp3) is 0.824. The zero-order valence-electron chi connectivity index (χ0n) is 13.0. The molecule has 1 saturated heterocycles. The van der Waals surface area contributed by atoms with Crippen LogP contribution in [0.3, 0.4) is 0 Å². The van der Waals surface area contributed by atoms with Crippen LogP contribution in [0.1, 0.15) is 65.2 Å². The van der Waals surface area contributed by atoms with Gasteiger partial charge in [0.15, 0.2) is 5.79 Å². The first kappa shape index (κ1) is 15.7. The van der Waals surface area contributed by atoms with Crippen molar-refractivity contribution in [3.63, 3.8) is 0 Å². The summed E-state index contributed by atoms with van der Waals surface area (Å²) in [6, 6.07) is 0. The SMILES string of the molecule is C=CCCCC(=O)C(C)(C)[C@@H]1CCOC2(CCCC2)O1. The van der Waals surface area contributed by atoms with Gasteiger partial charge < -0.3 is 9.47 Å². The number of hydrogen-bond acceptors (Lipinski definition) is 3. The number of hydrogen-bond donors (Lipinski definition) is 0. The Kier molecular flexibility index (Phi) is 5.03. The molecule has 20 heavy (non-hydrogen) atoms. The monoisotopic (exact) mass is 280 g/mol. The van der Waals surface area contributed by atoms with E-state index in [2.05, 4.69) is 6.58 Å². The molecule has 0 aromatic heterocycles. The maximum absolute atomic E-state index is 12.5. The van der Waals surface area contributed by atoms with Crippen molar-refractivity contribution in [3.8, 4) is 0 Å². The Labute approximate surface area is 122 Å². The molecule has 2 rings (SSSR count). The van der Waals surface area contributed by atoms with E-state index < -0.39 is 5.41 Å². The maximum atomic E-state index is 12.5. The molecule has 0 amide bonds. The van der Waals surface area contributed by atoms with Crippen LogP contribution < -0.4 is 0 Å². The van der Waals surface area contributed by atoms with Gasteiger partial charge in [-0.1, -0.05) is 19.9 Å². The molecule has 2 fully saturated rings. The van der Waals surface area contributed by atoms with Gasteiger partial charge in [-0.25, -0.2) is 0 Å². The molecule has 0 unspecified atom stereocenters. The largest absolute Gasteiger partial charge is 0.350 e. The third-order valence-corrected chi connectivity index (χ3v) is 4.80. The topological polar surface area (TPSA) is 35.5 Å². The molecule has 1 spiro atoms. The summed E-state index contributed by atoms with van der Waals surface area (Å²) in [5, 5.41) is 0. The molecule has 0 N–H and O–H groups in total. The minimum atomic E-state index is -0.416. The lowest BCUT2D eigenvalue weighted by Crippen LogP contribution is -2.50. The minimum absolute atomic E-state index is 0.00872. The summed E-state index contributed by atoms with van der Waals surface area (Å²) in [4.78, 5) is 12.5. The van der Waals surface area contributed by atoms with Gasteiger partial charge in [0.05, 0.1) is 12.7 Å². The van der Waals surface area contributed by atoms with E-state index in [1.54, 1.807) is 0 Å². The van der Waals surface area contributed by atoms with E-state index in [1.165, 1.54) is 12.8 Å². The Morgan fingerprint density at radius 2 is 2.10 bits per heavy atom. The molecule has 3 nitrogen and oxygen atoms in total. The Balaban J connectivity index is 1.97. The predicted molar refractivity (Wildman–Crippen MR) is 79.5 cm³/mol. The van der Waals surface area contributed by atoms with Crippen LogP contribution in [-0.2, 0) is 14.3 Å². The number of carbonyl (C=O) groups excluding carboxylic acids is 1. The molecule has 1 aliphatic heterocycles. The predicted octanol–water partition coefficient (Wildman–Crippen LogP) is 4.01. The molecule has 1 aliphatic carbocycles. The van der Waals surface area contributed by atoms with Gasteiger partial charge in [0, 0.05) is 24.7 Å². The number of unbranched alkanes of at least 4 members (excludes halogenated alkanes) is 1. The molecule has 0 radical (unpaired) electrons. The first-order valence-electron chi connectivity index (χ1n) is 7.96. The summed E-state index contributed by atoms with van der Waals surface area (Å²) in [5.41, 5.74) is -0.416. The third kappa shape index (κ3) is 3.32. The van der Waals surface area contributed by atoms with Crippen LogP contribution in [0.5, 0.6) is 0 Å². The van der Waals surface area contributed by atoms with Crippen LogP contribution in [0.25, 0.3) is 0 Å². The number of carbonyl (C=O) groups is 1. The number of rotatable bonds is 6. The van der Waals surface area contributed by atoms with E-state index in [0.717, 1.165) is 32.1 Å². The lowest BCUT2D eigenvalue weighted by Gasteiger charge is -2.44. The summed E-state index contributed by atoms with van der Waals surface area (Å²) in [5.74, 6) is -0.0823. The molecule has 2 aliphatic rings. The number of Topliss-reactive ketones (excluding diaryl/α,β-unsaturated/α-hetero) is 1. The summed E-state index contributed by atoms with van der Waals surface area (Å²) in [6.07, 6.45) is 9.38. The zero-order valence-corrected chi connectivity index (χ0v) is 13.0. The molecule has 0 aromatic rings. The van der Waals surface area contributed by atoms with Crippen molar-refractivity contribution in [2.45, 2.75) is 77.1 Å². The van der Waals surface area contributed by atoms with Crippen molar-refractivity contribution >= 4 is 5.78 Å². The smallest absolute Gasteiger partial charge is 0.168 e. The van der Waals surface area contributed by atoms with Crippen molar-refractivity contribution in [2.75, 3.05) is 6.61 Å². The highest BCUT2D eigenvalue weighted by Gasteiger charge is 2.47. The molecule has 1 heterocycles. The van der Waals surface area contributed by atoms with Crippen LogP contribution in [0.4, 0.5) is 0 Å². The fourth-order valence-electron chi connectivity index (χ4n) is 3.30. The fourth-order valence-corrected chi connectivity index (χ4v) is 3.30. The van der Waals surface area contributed by atoms with Gasteiger partial charge in [-0.05, 0) is 32.1 Å². The molecular formula is C17H28O3. The van der Waals surface area contributed by atoms with Crippen molar-refractivity contribution in [3.05, 3.63) is 12.7 Å². The standard InChI is InChI=1S/C17H28O3/c1-4-5-6-9-14(18)16(2,3)15-10-13-19-17(20-15)11-7-8-12-17/h4,15H,1,5-13H2,2-3H3/t15-/m0/s1.